The summed E-state index contributed by atoms with van der Waals surface area (Å²) in [6, 6.07) is 1.70. The molecule has 0 saturated carbocycles. The first kappa shape index (κ1) is 11.1. The van der Waals surface area contributed by atoms with Crippen molar-refractivity contribution >= 4 is 18.4 Å². The van der Waals surface area contributed by atoms with Crippen LogP contribution in [0.2, 0.25) is 0 Å². The predicted octanol–water partition coefficient (Wildman–Crippen LogP) is 0.417. The molecule has 2 atom stereocenters. The Morgan fingerprint density at radius 2 is 2.00 bits per heavy atom. The highest BCUT2D eigenvalue weighted by atomic mass is 35.5. The Balaban J connectivity index is 0.000000980. The van der Waals surface area contributed by atoms with E-state index < -0.39 is 12.3 Å². The Morgan fingerprint density at radius 3 is 2.50 bits per heavy atom. The number of nitrogens with zero attached hydrogens (tertiary/aromatic N) is 3. The molecule has 4 nitrogen and oxygen atoms in total. The minimum absolute atomic E-state index is 0. The van der Waals surface area contributed by atoms with Crippen molar-refractivity contribution in [1.82, 2.24) is 9.97 Å². The second-order valence-corrected chi connectivity index (χ2v) is 3.04. The average Bonchev–Trinajstić information content (AvgIpc) is 2.49. The van der Waals surface area contributed by atoms with E-state index in [0.717, 1.165) is 0 Å². The van der Waals surface area contributed by atoms with E-state index in [1.165, 1.54) is 0 Å². The van der Waals surface area contributed by atoms with Crippen molar-refractivity contribution in [2.75, 3.05) is 18.0 Å². The highest BCUT2D eigenvalue weighted by molar-refractivity contribution is 5.85. The Labute approximate surface area is 87.2 Å². The summed E-state index contributed by atoms with van der Waals surface area (Å²) in [6.07, 6.45) is 1.09. The van der Waals surface area contributed by atoms with Crippen LogP contribution in [0.1, 0.15) is 0 Å². The fourth-order valence-electron chi connectivity index (χ4n) is 1.36. The largest absolute Gasteiger partial charge is 0.388 e. The second kappa shape index (κ2) is 4.52. The molecule has 1 aliphatic rings. The molecule has 1 aromatic rings. The zero-order valence-electron chi connectivity index (χ0n) is 7.38. The van der Waals surface area contributed by atoms with Crippen molar-refractivity contribution in [3.8, 4) is 0 Å². The number of hydrogen-bond acceptors (Lipinski definition) is 4. The molecular formula is C8H11ClFN3O. The fraction of sp³-hybridized carbons (Fsp3) is 0.500. The maximum atomic E-state index is 12.9. The van der Waals surface area contributed by atoms with Crippen LogP contribution >= 0.6 is 12.4 Å². The molecule has 2 heterocycles. The standard InChI is InChI=1S/C8H10FN3O.ClH/c9-6-4-12(5-7(6)13)8-10-2-1-3-11-8;/h1-3,6-7,13H,4-5H2;1H. The van der Waals surface area contributed by atoms with Crippen LogP contribution in [0.15, 0.2) is 18.5 Å². The molecule has 2 unspecified atom stereocenters. The third kappa shape index (κ3) is 2.10. The van der Waals surface area contributed by atoms with Gasteiger partial charge in [-0.1, -0.05) is 0 Å². The molecule has 1 saturated heterocycles. The van der Waals surface area contributed by atoms with Crippen molar-refractivity contribution < 1.29 is 9.50 Å². The maximum Gasteiger partial charge on any atom is 0.225 e. The highest BCUT2D eigenvalue weighted by Gasteiger charge is 2.32. The second-order valence-electron chi connectivity index (χ2n) is 3.04. The molecule has 0 bridgehead atoms. The van der Waals surface area contributed by atoms with E-state index in [2.05, 4.69) is 9.97 Å². The van der Waals surface area contributed by atoms with Gasteiger partial charge in [0.15, 0.2) is 0 Å². The van der Waals surface area contributed by atoms with Gasteiger partial charge in [-0.25, -0.2) is 14.4 Å². The average molecular weight is 220 g/mol. The molecule has 1 N–H and O–H groups in total. The summed E-state index contributed by atoms with van der Waals surface area (Å²) in [7, 11) is 0. The highest BCUT2D eigenvalue weighted by Crippen LogP contribution is 2.17. The number of alkyl halides is 1. The number of aromatic nitrogens is 2. The topological polar surface area (TPSA) is 49.2 Å². The van der Waals surface area contributed by atoms with Gasteiger partial charge in [-0.2, -0.15) is 0 Å². The van der Waals surface area contributed by atoms with Gasteiger partial charge in [0, 0.05) is 18.9 Å². The van der Waals surface area contributed by atoms with Gasteiger partial charge in [-0.15, -0.1) is 12.4 Å². The van der Waals surface area contributed by atoms with E-state index >= 15 is 0 Å². The quantitative estimate of drug-likeness (QED) is 0.744. The summed E-state index contributed by atoms with van der Waals surface area (Å²) in [4.78, 5) is 9.57. The van der Waals surface area contributed by atoms with E-state index in [-0.39, 0.29) is 25.5 Å². The van der Waals surface area contributed by atoms with E-state index in [1.54, 1.807) is 23.4 Å². The summed E-state index contributed by atoms with van der Waals surface area (Å²) in [5.41, 5.74) is 0. The zero-order valence-corrected chi connectivity index (χ0v) is 8.19. The Morgan fingerprint density at radius 1 is 1.36 bits per heavy atom. The van der Waals surface area contributed by atoms with Crippen LogP contribution in [0.3, 0.4) is 0 Å². The van der Waals surface area contributed by atoms with Gasteiger partial charge < -0.3 is 10.0 Å². The van der Waals surface area contributed by atoms with Crippen LogP contribution in [0, 0.1) is 0 Å². The van der Waals surface area contributed by atoms with Crippen LogP contribution in [0.5, 0.6) is 0 Å². The Hall–Kier alpha value is -0.940. The van der Waals surface area contributed by atoms with Crippen molar-refractivity contribution in [1.29, 1.82) is 0 Å². The van der Waals surface area contributed by atoms with Crippen molar-refractivity contribution in [3.05, 3.63) is 18.5 Å². The Kier molecular flexibility index (Phi) is 3.60. The van der Waals surface area contributed by atoms with E-state index in [0.29, 0.717) is 5.95 Å². The van der Waals surface area contributed by atoms with Gasteiger partial charge in [0.1, 0.15) is 12.3 Å². The van der Waals surface area contributed by atoms with Gasteiger partial charge >= 0.3 is 0 Å². The molecule has 1 aromatic heterocycles. The monoisotopic (exact) mass is 219 g/mol. The molecule has 0 radical (unpaired) electrons. The minimum atomic E-state index is -1.19. The van der Waals surface area contributed by atoms with Gasteiger partial charge in [0.05, 0.1) is 6.54 Å². The number of anilines is 1. The number of aliphatic hydroxyl groups is 1. The summed E-state index contributed by atoms with van der Waals surface area (Å²) in [5, 5.41) is 9.16. The number of aliphatic hydroxyl groups excluding tert-OH is 1. The van der Waals surface area contributed by atoms with Crippen molar-refractivity contribution in [2.24, 2.45) is 0 Å². The van der Waals surface area contributed by atoms with Gasteiger partial charge in [-0.05, 0) is 6.07 Å². The lowest BCUT2D eigenvalue weighted by molar-refractivity contribution is 0.118. The summed E-state index contributed by atoms with van der Waals surface area (Å²) >= 11 is 0. The molecule has 6 heteroatoms. The molecule has 14 heavy (non-hydrogen) atoms. The summed E-state index contributed by atoms with van der Waals surface area (Å²) < 4.78 is 12.9. The first-order valence-corrected chi connectivity index (χ1v) is 4.11. The van der Waals surface area contributed by atoms with Crippen LogP contribution < -0.4 is 4.90 Å². The summed E-state index contributed by atoms with van der Waals surface area (Å²) in [5.74, 6) is 0.474. The summed E-state index contributed by atoms with van der Waals surface area (Å²) in [6.45, 7) is 0.441. The smallest absolute Gasteiger partial charge is 0.225 e. The number of β-amino-alcohol motifs (C(OH)–C–C–N with tert-alkyl or cyclic N) is 1. The Bertz CT molecular complexity index is 277. The lowest BCUT2D eigenvalue weighted by atomic mass is 10.3. The first-order valence-electron chi connectivity index (χ1n) is 4.11. The fourth-order valence-corrected chi connectivity index (χ4v) is 1.36. The van der Waals surface area contributed by atoms with E-state index in [1.807, 2.05) is 0 Å². The van der Waals surface area contributed by atoms with Crippen LogP contribution in [-0.4, -0.2) is 40.4 Å². The zero-order chi connectivity index (χ0) is 9.26. The molecule has 0 amide bonds. The van der Waals surface area contributed by atoms with Crippen LogP contribution in [0.4, 0.5) is 10.3 Å². The molecule has 0 spiro atoms. The van der Waals surface area contributed by atoms with Crippen molar-refractivity contribution in [2.45, 2.75) is 12.3 Å². The molecule has 0 aliphatic carbocycles. The molecule has 2 rings (SSSR count). The molecule has 1 fully saturated rings. The predicted molar refractivity (Wildman–Crippen MR) is 52.4 cm³/mol. The molecule has 1 aliphatic heterocycles. The molecule has 78 valence electrons. The number of rotatable bonds is 1. The lowest BCUT2D eigenvalue weighted by Gasteiger charge is -2.13. The normalized spacial score (nSPS) is 26.0. The first-order chi connectivity index (χ1) is 6.27. The SMILES string of the molecule is Cl.OC1CN(c2ncccn2)CC1F. The lowest BCUT2D eigenvalue weighted by Crippen LogP contribution is -2.23. The van der Waals surface area contributed by atoms with Gasteiger partial charge in [-0.3, -0.25) is 0 Å². The third-order valence-electron chi connectivity index (χ3n) is 2.05. The number of halogens is 2. The van der Waals surface area contributed by atoms with Crippen LogP contribution in [-0.2, 0) is 0 Å². The van der Waals surface area contributed by atoms with Gasteiger partial charge in [0.2, 0.25) is 5.95 Å². The van der Waals surface area contributed by atoms with E-state index in [9.17, 15) is 4.39 Å². The maximum absolute atomic E-state index is 12.9. The third-order valence-corrected chi connectivity index (χ3v) is 2.05. The van der Waals surface area contributed by atoms with Crippen molar-refractivity contribution in [3.63, 3.8) is 0 Å². The molecule has 0 aromatic carbocycles. The van der Waals surface area contributed by atoms with Gasteiger partial charge in [0.25, 0.3) is 0 Å². The minimum Gasteiger partial charge on any atom is -0.388 e. The van der Waals surface area contributed by atoms with E-state index in [4.69, 9.17) is 5.11 Å². The van der Waals surface area contributed by atoms with Crippen LogP contribution in [0.25, 0.3) is 0 Å². The molecular weight excluding hydrogens is 209 g/mol. The number of hydrogen-bond donors (Lipinski definition) is 1.